The fraction of sp³-hybridized carbons (Fsp3) is 0.417. The molecule has 1 aromatic rings. The number of nitrogens with zero attached hydrogens (tertiary/aromatic N) is 1. The Morgan fingerprint density at radius 3 is 2.88 bits per heavy atom. The standard InChI is InChI=1S/C12H15BrN2S/c1-16-7-3-2-6-15-11-5-4-10(9-14)12(13)8-11/h4-5,8,15H,2-3,6-7H2,1H3. The van der Waals surface area contributed by atoms with E-state index in [9.17, 15) is 0 Å². The van der Waals surface area contributed by atoms with Gasteiger partial charge in [0.2, 0.25) is 0 Å². The van der Waals surface area contributed by atoms with E-state index in [1.54, 1.807) is 0 Å². The van der Waals surface area contributed by atoms with Crippen molar-refractivity contribution in [3.05, 3.63) is 28.2 Å². The van der Waals surface area contributed by atoms with Crippen molar-refractivity contribution in [3.63, 3.8) is 0 Å². The molecule has 0 aliphatic carbocycles. The Balaban J connectivity index is 2.38. The highest BCUT2D eigenvalue weighted by Crippen LogP contribution is 2.20. The molecule has 0 radical (unpaired) electrons. The first-order valence-corrected chi connectivity index (χ1v) is 7.39. The van der Waals surface area contributed by atoms with Crippen LogP contribution in [0.25, 0.3) is 0 Å². The summed E-state index contributed by atoms with van der Waals surface area (Å²) in [6, 6.07) is 7.85. The van der Waals surface area contributed by atoms with E-state index in [2.05, 4.69) is 33.6 Å². The number of nitrogens with one attached hydrogen (secondary N) is 1. The fourth-order valence-electron chi connectivity index (χ4n) is 1.32. The molecule has 2 nitrogen and oxygen atoms in total. The molecule has 0 spiro atoms. The Bertz CT molecular complexity index is 374. The van der Waals surface area contributed by atoms with E-state index in [1.165, 1.54) is 18.6 Å². The van der Waals surface area contributed by atoms with Crippen LogP contribution in [-0.2, 0) is 0 Å². The highest BCUT2D eigenvalue weighted by molar-refractivity contribution is 9.10. The SMILES string of the molecule is CSCCCCNc1ccc(C#N)c(Br)c1. The largest absolute Gasteiger partial charge is 0.385 e. The van der Waals surface area contributed by atoms with E-state index >= 15 is 0 Å². The third-order valence-corrected chi connectivity index (χ3v) is 3.55. The number of nitriles is 1. The molecule has 86 valence electrons. The zero-order valence-electron chi connectivity index (χ0n) is 9.29. The maximum atomic E-state index is 8.78. The minimum atomic E-state index is 0.674. The van der Waals surface area contributed by atoms with E-state index in [1.807, 2.05) is 30.0 Å². The van der Waals surface area contributed by atoms with E-state index in [0.717, 1.165) is 16.7 Å². The lowest BCUT2D eigenvalue weighted by molar-refractivity contribution is 0.843. The van der Waals surface area contributed by atoms with Gasteiger partial charge in [-0.25, -0.2) is 0 Å². The Labute approximate surface area is 110 Å². The van der Waals surface area contributed by atoms with Crippen LogP contribution < -0.4 is 5.32 Å². The van der Waals surface area contributed by atoms with Crippen molar-refractivity contribution in [1.29, 1.82) is 5.26 Å². The Morgan fingerprint density at radius 1 is 1.44 bits per heavy atom. The molecule has 0 amide bonds. The molecule has 0 unspecified atom stereocenters. The monoisotopic (exact) mass is 298 g/mol. The van der Waals surface area contributed by atoms with Gasteiger partial charge in [0, 0.05) is 16.7 Å². The number of rotatable bonds is 6. The predicted octanol–water partition coefficient (Wildman–Crippen LogP) is 3.88. The molecule has 16 heavy (non-hydrogen) atoms. The molecule has 0 saturated carbocycles. The van der Waals surface area contributed by atoms with Gasteiger partial charge in [-0.15, -0.1) is 0 Å². The summed E-state index contributed by atoms with van der Waals surface area (Å²) in [6.45, 7) is 0.985. The van der Waals surface area contributed by atoms with Crippen molar-refractivity contribution in [3.8, 4) is 6.07 Å². The fourth-order valence-corrected chi connectivity index (χ4v) is 2.28. The van der Waals surface area contributed by atoms with E-state index in [0.29, 0.717) is 5.56 Å². The van der Waals surface area contributed by atoms with Crippen molar-refractivity contribution in [2.24, 2.45) is 0 Å². The Morgan fingerprint density at radius 2 is 2.25 bits per heavy atom. The molecule has 1 rings (SSSR count). The summed E-state index contributed by atoms with van der Waals surface area (Å²) in [5.74, 6) is 1.22. The summed E-state index contributed by atoms with van der Waals surface area (Å²) in [6.07, 6.45) is 4.55. The predicted molar refractivity (Wildman–Crippen MR) is 75.0 cm³/mol. The van der Waals surface area contributed by atoms with Crippen LogP contribution in [0, 0.1) is 11.3 Å². The van der Waals surface area contributed by atoms with Crippen molar-refractivity contribution >= 4 is 33.4 Å². The maximum absolute atomic E-state index is 8.78. The molecule has 4 heteroatoms. The number of anilines is 1. The van der Waals surface area contributed by atoms with Crippen LogP contribution in [0.3, 0.4) is 0 Å². The lowest BCUT2D eigenvalue weighted by atomic mass is 10.2. The normalized spacial score (nSPS) is 9.81. The summed E-state index contributed by atoms with van der Waals surface area (Å²) in [4.78, 5) is 0. The van der Waals surface area contributed by atoms with Gasteiger partial charge in [0.15, 0.2) is 0 Å². The average molecular weight is 299 g/mol. The summed E-state index contributed by atoms with van der Waals surface area (Å²) < 4.78 is 0.851. The summed E-state index contributed by atoms with van der Waals surface area (Å²) in [7, 11) is 0. The number of benzene rings is 1. The quantitative estimate of drug-likeness (QED) is 0.810. The van der Waals surface area contributed by atoms with Crippen LogP contribution >= 0.6 is 27.7 Å². The van der Waals surface area contributed by atoms with Crippen LogP contribution in [-0.4, -0.2) is 18.6 Å². The van der Waals surface area contributed by atoms with Crippen molar-refractivity contribution in [1.82, 2.24) is 0 Å². The number of unbranched alkanes of at least 4 members (excludes halogenated alkanes) is 1. The smallest absolute Gasteiger partial charge is 0.100 e. The minimum Gasteiger partial charge on any atom is -0.385 e. The van der Waals surface area contributed by atoms with Crippen LogP contribution in [0.1, 0.15) is 18.4 Å². The van der Waals surface area contributed by atoms with Crippen molar-refractivity contribution in [2.45, 2.75) is 12.8 Å². The summed E-state index contributed by atoms with van der Waals surface area (Å²) >= 11 is 5.26. The molecule has 0 fully saturated rings. The second-order valence-electron chi connectivity index (χ2n) is 3.43. The number of halogens is 1. The van der Waals surface area contributed by atoms with Gasteiger partial charge in [-0.1, -0.05) is 0 Å². The van der Waals surface area contributed by atoms with Gasteiger partial charge >= 0.3 is 0 Å². The van der Waals surface area contributed by atoms with Gasteiger partial charge < -0.3 is 5.32 Å². The van der Waals surface area contributed by atoms with Gasteiger partial charge in [-0.2, -0.15) is 17.0 Å². The molecule has 0 heterocycles. The lowest BCUT2D eigenvalue weighted by Crippen LogP contribution is -2.01. The third kappa shape index (κ3) is 4.46. The molecule has 0 saturated heterocycles. The maximum Gasteiger partial charge on any atom is 0.100 e. The van der Waals surface area contributed by atoms with E-state index < -0.39 is 0 Å². The molecule has 0 aromatic heterocycles. The number of thioether (sulfide) groups is 1. The van der Waals surface area contributed by atoms with Gasteiger partial charge in [0.05, 0.1) is 5.56 Å². The van der Waals surface area contributed by atoms with Gasteiger partial charge in [-0.3, -0.25) is 0 Å². The van der Waals surface area contributed by atoms with Crippen molar-refractivity contribution in [2.75, 3.05) is 23.9 Å². The van der Waals surface area contributed by atoms with Gasteiger partial charge in [-0.05, 0) is 59.0 Å². The minimum absolute atomic E-state index is 0.674. The summed E-state index contributed by atoms with van der Waals surface area (Å²) in [5.41, 5.74) is 1.74. The molecule has 1 aromatic carbocycles. The van der Waals surface area contributed by atoms with Crippen LogP contribution in [0.4, 0.5) is 5.69 Å². The first kappa shape index (κ1) is 13.4. The molecular weight excluding hydrogens is 284 g/mol. The second-order valence-corrected chi connectivity index (χ2v) is 5.27. The molecule has 0 aliphatic rings. The number of hydrogen-bond acceptors (Lipinski definition) is 3. The highest BCUT2D eigenvalue weighted by atomic mass is 79.9. The second kappa shape index (κ2) is 7.59. The highest BCUT2D eigenvalue weighted by Gasteiger charge is 1.99. The molecule has 1 N–H and O–H groups in total. The molecule has 0 aliphatic heterocycles. The Hall–Kier alpha value is -0.660. The van der Waals surface area contributed by atoms with E-state index in [4.69, 9.17) is 5.26 Å². The Kier molecular flexibility index (Phi) is 6.36. The van der Waals surface area contributed by atoms with Gasteiger partial charge in [0.1, 0.15) is 6.07 Å². The van der Waals surface area contributed by atoms with E-state index in [-0.39, 0.29) is 0 Å². The molecule has 0 bridgehead atoms. The van der Waals surface area contributed by atoms with Crippen molar-refractivity contribution < 1.29 is 0 Å². The number of hydrogen-bond donors (Lipinski definition) is 1. The molecular formula is C12H15BrN2S. The zero-order chi connectivity index (χ0) is 11.8. The lowest BCUT2D eigenvalue weighted by Gasteiger charge is -2.06. The average Bonchev–Trinajstić information content (AvgIpc) is 2.29. The first-order valence-electron chi connectivity index (χ1n) is 5.20. The van der Waals surface area contributed by atoms with Crippen LogP contribution in [0.5, 0.6) is 0 Å². The third-order valence-electron chi connectivity index (χ3n) is 2.19. The van der Waals surface area contributed by atoms with Crippen LogP contribution in [0.2, 0.25) is 0 Å². The topological polar surface area (TPSA) is 35.8 Å². The summed E-state index contributed by atoms with van der Waals surface area (Å²) in [5, 5.41) is 12.1. The van der Waals surface area contributed by atoms with Gasteiger partial charge in [0.25, 0.3) is 0 Å². The first-order chi connectivity index (χ1) is 7.77. The zero-order valence-corrected chi connectivity index (χ0v) is 11.7. The molecule has 0 atom stereocenters. The van der Waals surface area contributed by atoms with Crippen LogP contribution in [0.15, 0.2) is 22.7 Å².